The molecule has 0 radical (unpaired) electrons. The van der Waals surface area contributed by atoms with Crippen molar-refractivity contribution in [3.8, 4) is 0 Å². The van der Waals surface area contributed by atoms with E-state index in [-0.39, 0.29) is 11.8 Å². The van der Waals surface area contributed by atoms with Gasteiger partial charge in [-0.15, -0.1) is 0 Å². The summed E-state index contributed by atoms with van der Waals surface area (Å²) in [5, 5.41) is 10.4. The predicted molar refractivity (Wildman–Crippen MR) is 114 cm³/mol. The minimum absolute atomic E-state index is 0.0992. The van der Waals surface area contributed by atoms with Gasteiger partial charge < -0.3 is 19.7 Å². The molecular weight excluding hydrogens is 398 g/mol. The SMILES string of the molecule is COCCNC(=O)c1cc([C@@H]2CN(C(=O)c3cn[nH]c3C)CCO2)nc2ccccc12. The fraction of sp³-hybridized carbons (Fsp3) is 0.364. The number of nitrogens with zero attached hydrogens (tertiary/aromatic N) is 3. The van der Waals surface area contributed by atoms with Crippen molar-refractivity contribution in [2.24, 2.45) is 0 Å². The maximum Gasteiger partial charge on any atom is 0.257 e. The van der Waals surface area contributed by atoms with Gasteiger partial charge in [0.25, 0.3) is 11.8 Å². The standard InChI is InChI=1S/C22H25N5O4/c1-14-17(12-24-26-14)22(29)27-8-10-31-20(13-27)19-11-16(21(28)23-7-9-30-2)15-5-3-4-6-18(15)25-19/h3-6,11-12,20H,7-10,13H2,1-2H3,(H,23,28)(H,24,26)/t20-/m0/s1. The Labute approximate surface area is 179 Å². The second kappa shape index (κ2) is 9.23. The fourth-order valence-electron chi connectivity index (χ4n) is 3.66. The average molecular weight is 423 g/mol. The number of para-hydroxylation sites is 1. The Balaban J connectivity index is 1.62. The number of hydrogen-bond donors (Lipinski definition) is 2. The number of ether oxygens (including phenoxy) is 2. The normalized spacial score (nSPS) is 16.5. The predicted octanol–water partition coefficient (Wildman–Crippen LogP) is 1.86. The highest BCUT2D eigenvalue weighted by molar-refractivity contribution is 6.06. The molecule has 2 aromatic heterocycles. The zero-order chi connectivity index (χ0) is 21.8. The van der Waals surface area contributed by atoms with Crippen LogP contribution in [0.5, 0.6) is 0 Å². The molecular formula is C22H25N5O4. The Morgan fingerprint density at radius 2 is 2.16 bits per heavy atom. The lowest BCUT2D eigenvalue weighted by Gasteiger charge is -2.33. The fourth-order valence-corrected chi connectivity index (χ4v) is 3.66. The van der Waals surface area contributed by atoms with Crippen LogP contribution >= 0.6 is 0 Å². The molecule has 9 nitrogen and oxygen atoms in total. The smallest absolute Gasteiger partial charge is 0.257 e. The molecule has 0 saturated carbocycles. The lowest BCUT2D eigenvalue weighted by atomic mass is 10.0. The summed E-state index contributed by atoms with van der Waals surface area (Å²) in [7, 11) is 1.59. The monoisotopic (exact) mass is 423 g/mol. The van der Waals surface area contributed by atoms with Gasteiger partial charge in [0.2, 0.25) is 0 Å². The number of fused-ring (bicyclic) bond motifs is 1. The van der Waals surface area contributed by atoms with Gasteiger partial charge >= 0.3 is 0 Å². The molecule has 0 bridgehead atoms. The van der Waals surface area contributed by atoms with Crippen LogP contribution in [0, 0.1) is 6.92 Å². The number of carbonyl (C=O) groups excluding carboxylic acids is 2. The third-order valence-electron chi connectivity index (χ3n) is 5.32. The van der Waals surface area contributed by atoms with Gasteiger partial charge in [-0.1, -0.05) is 18.2 Å². The van der Waals surface area contributed by atoms with Crippen LogP contribution in [0.15, 0.2) is 36.5 Å². The van der Waals surface area contributed by atoms with E-state index in [2.05, 4.69) is 15.5 Å². The number of pyridine rings is 1. The summed E-state index contributed by atoms with van der Waals surface area (Å²) in [6.45, 7) is 3.87. The Kier molecular flexibility index (Phi) is 6.24. The molecule has 9 heteroatoms. The number of rotatable bonds is 6. The van der Waals surface area contributed by atoms with Gasteiger partial charge in [0.05, 0.1) is 48.3 Å². The molecule has 0 unspecified atom stereocenters. The molecule has 1 aliphatic rings. The van der Waals surface area contributed by atoms with E-state index < -0.39 is 6.10 Å². The molecule has 1 saturated heterocycles. The molecule has 2 N–H and O–H groups in total. The van der Waals surface area contributed by atoms with E-state index in [4.69, 9.17) is 14.5 Å². The van der Waals surface area contributed by atoms with E-state index in [1.54, 1.807) is 24.3 Å². The molecule has 162 valence electrons. The van der Waals surface area contributed by atoms with Crippen molar-refractivity contribution in [2.75, 3.05) is 40.0 Å². The lowest BCUT2D eigenvalue weighted by Crippen LogP contribution is -2.42. The quantitative estimate of drug-likeness (QED) is 0.586. The first-order valence-corrected chi connectivity index (χ1v) is 10.2. The van der Waals surface area contributed by atoms with Gasteiger partial charge in [0.15, 0.2) is 0 Å². The summed E-state index contributed by atoms with van der Waals surface area (Å²) >= 11 is 0. The first-order valence-electron chi connectivity index (χ1n) is 10.2. The molecule has 0 aliphatic carbocycles. The number of aromatic amines is 1. The van der Waals surface area contributed by atoms with E-state index in [0.29, 0.717) is 55.2 Å². The number of aromatic nitrogens is 3. The Bertz CT molecular complexity index is 1100. The summed E-state index contributed by atoms with van der Waals surface area (Å²) in [6.07, 6.45) is 1.11. The number of amides is 2. The van der Waals surface area contributed by atoms with Crippen molar-refractivity contribution in [2.45, 2.75) is 13.0 Å². The molecule has 3 aromatic rings. The Morgan fingerprint density at radius 1 is 1.32 bits per heavy atom. The van der Waals surface area contributed by atoms with Gasteiger partial charge in [-0.25, -0.2) is 4.98 Å². The molecule has 1 aromatic carbocycles. The van der Waals surface area contributed by atoms with Crippen LogP contribution in [-0.2, 0) is 9.47 Å². The molecule has 1 aliphatic heterocycles. The molecule has 31 heavy (non-hydrogen) atoms. The van der Waals surface area contributed by atoms with Crippen LogP contribution in [0.4, 0.5) is 0 Å². The Hall–Kier alpha value is -3.30. The number of nitrogens with one attached hydrogen (secondary N) is 2. The summed E-state index contributed by atoms with van der Waals surface area (Å²) in [5.74, 6) is -0.299. The van der Waals surface area contributed by atoms with E-state index in [1.807, 2.05) is 31.2 Å². The number of morpholine rings is 1. The van der Waals surface area contributed by atoms with E-state index in [9.17, 15) is 9.59 Å². The van der Waals surface area contributed by atoms with E-state index >= 15 is 0 Å². The van der Waals surface area contributed by atoms with Gasteiger partial charge in [-0.05, 0) is 19.1 Å². The number of aryl methyl sites for hydroxylation is 1. The van der Waals surface area contributed by atoms with Gasteiger partial charge in [-0.2, -0.15) is 5.10 Å². The maximum absolute atomic E-state index is 12.9. The molecule has 2 amide bonds. The molecule has 1 atom stereocenters. The molecule has 4 rings (SSSR count). The van der Waals surface area contributed by atoms with Crippen LogP contribution in [0.1, 0.15) is 38.2 Å². The van der Waals surface area contributed by atoms with E-state index in [1.165, 1.54) is 0 Å². The largest absolute Gasteiger partial charge is 0.383 e. The summed E-state index contributed by atoms with van der Waals surface area (Å²) in [6, 6.07) is 9.25. The first-order chi connectivity index (χ1) is 15.1. The second-order valence-electron chi connectivity index (χ2n) is 7.38. The number of methoxy groups -OCH3 is 1. The minimum Gasteiger partial charge on any atom is -0.383 e. The van der Waals surface area contributed by atoms with Crippen molar-refractivity contribution < 1.29 is 19.1 Å². The van der Waals surface area contributed by atoms with Crippen molar-refractivity contribution in [1.29, 1.82) is 0 Å². The third-order valence-corrected chi connectivity index (χ3v) is 5.32. The van der Waals surface area contributed by atoms with Crippen LogP contribution in [0.3, 0.4) is 0 Å². The van der Waals surface area contributed by atoms with E-state index in [0.717, 1.165) is 11.1 Å². The van der Waals surface area contributed by atoms with Crippen molar-refractivity contribution >= 4 is 22.7 Å². The number of H-pyrrole nitrogens is 1. The summed E-state index contributed by atoms with van der Waals surface area (Å²) < 4.78 is 11.0. The minimum atomic E-state index is -0.431. The summed E-state index contributed by atoms with van der Waals surface area (Å²) in [4.78, 5) is 32.2. The second-order valence-corrected chi connectivity index (χ2v) is 7.38. The number of hydrogen-bond acceptors (Lipinski definition) is 6. The average Bonchev–Trinajstić information content (AvgIpc) is 3.23. The van der Waals surface area contributed by atoms with Crippen LogP contribution in [-0.4, -0.2) is 71.9 Å². The summed E-state index contributed by atoms with van der Waals surface area (Å²) in [5.41, 5.74) is 3.12. The third kappa shape index (κ3) is 4.42. The van der Waals surface area contributed by atoms with Crippen LogP contribution < -0.4 is 5.32 Å². The maximum atomic E-state index is 12.9. The van der Waals surface area contributed by atoms with Gasteiger partial charge in [0.1, 0.15) is 6.10 Å². The number of benzene rings is 1. The highest BCUT2D eigenvalue weighted by Gasteiger charge is 2.29. The zero-order valence-electron chi connectivity index (χ0n) is 17.6. The highest BCUT2D eigenvalue weighted by Crippen LogP contribution is 2.27. The van der Waals surface area contributed by atoms with Crippen molar-refractivity contribution in [3.05, 3.63) is 59.0 Å². The lowest BCUT2D eigenvalue weighted by molar-refractivity contribution is -0.0246. The number of carbonyl (C=O) groups is 2. The molecule has 0 spiro atoms. The van der Waals surface area contributed by atoms with Crippen molar-refractivity contribution in [1.82, 2.24) is 25.4 Å². The van der Waals surface area contributed by atoms with Crippen LogP contribution in [0.2, 0.25) is 0 Å². The highest BCUT2D eigenvalue weighted by atomic mass is 16.5. The van der Waals surface area contributed by atoms with Crippen molar-refractivity contribution in [3.63, 3.8) is 0 Å². The molecule has 3 heterocycles. The first kappa shape index (κ1) is 21.0. The molecule has 1 fully saturated rings. The topological polar surface area (TPSA) is 109 Å². The Morgan fingerprint density at radius 3 is 2.94 bits per heavy atom. The zero-order valence-corrected chi connectivity index (χ0v) is 17.6. The van der Waals surface area contributed by atoms with Gasteiger partial charge in [-0.3, -0.25) is 14.7 Å². The van der Waals surface area contributed by atoms with Gasteiger partial charge in [0, 0.05) is 31.3 Å². The van der Waals surface area contributed by atoms with Crippen LogP contribution in [0.25, 0.3) is 10.9 Å².